The van der Waals surface area contributed by atoms with Crippen molar-refractivity contribution in [2.24, 2.45) is 0 Å². The van der Waals surface area contributed by atoms with Gasteiger partial charge in [0.15, 0.2) is 0 Å². The molecule has 0 unspecified atom stereocenters. The van der Waals surface area contributed by atoms with Gasteiger partial charge in [0.25, 0.3) is 0 Å². The van der Waals surface area contributed by atoms with Gasteiger partial charge in [0.1, 0.15) is 0 Å². The highest BCUT2D eigenvalue weighted by Gasteiger charge is 1.93. The Morgan fingerprint density at radius 2 is 1.67 bits per heavy atom. The minimum absolute atomic E-state index is 1.19. The molecule has 0 saturated carbocycles. The Morgan fingerprint density at radius 3 is 1.93 bits per heavy atom. The lowest BCUT2D eigenvalue weighted by atomic mass is 10.2. The molecule has 0 aliphatic carbocycles. The van der Waals surface area contributed by atoms with Gasteiger partial charge in [0, 0.05) is 32.2 Å². The largest absolute Gasteiger partial charge is 0.378 e. The van der Waals surface area contributed by atoms with E-state index in [1.807, 2.05) is 31.1 Å². The minimum Gasteiger partial charge on any atom is -0.378 e. The van der Waals surface area contributed by atoms with Crippen molar-refractivity contribution in [1.82, 2.24) is 10.3 Å². The molecule has 1 aliphatic heterocycles. The summed E-state index contributed by atoms with van der Waals surface area (Å²) in [5, 5.41) is 3.28. The fourth-order valence-corrected chi connectivity index (χ4v) is 1.44. The van der Waals surface area contributed by atoms with E-state index < -0.39 is 0 Å². The predicted octanol–water partition coefficient (Wildman–Crippen LogP) is 1.91. The smallest absolute Gasteiger partial charge is 0.0391 e. The van der Waals surface area contributed by atoms with Crippen LogP contribution in [0, 0.1) is 0 Å². The molecule has 0 atom stereocenters. The number of hydrogen-bond acceptors (Lipinski definition) is 3. The topological polar surface area (TPSA) is 28.2 Å². The van der Waals surface area contributed by atoms with Crippen molar-refractivity contribution in [1.29, 1.82) is 0 Å². The molecule has 0 aromatic carbocycles. The number of rotatable bonds is 1. The lowest BCUT2D eigenvalue weighted by molar-refractivity contribution is 0.520. The van der Waals surface area contributed by atoms with Crippen molar-refractivity contribution in [3.63, 3.8) is 0 Å². The van der Waals surface area contributed by atoms with Gasteiger partial charge < -0.3 is 10.2 Å². The first kappa shape index (κ1) is 12.0. The van der Waals surface area contributed by atoms with Crippen molar-refractivity contribution in [3.05, 3.63) is 24.5 Å². The average Bonchev–Trinajstić information content (AvgIpc) is 2.33. The van der Waals surface area contributed by atoms with Gasteiger partial charge in [-0.05, 0) is 38.1 Å². The molecule has 0 radical (unpaired) electrons. The van der Waals surface area contributed by atoms with Crippen molar-refractivity contribution in [2.45, 2.75) is 19.3 Å². The van der Waals surface area contributed by atoms with Gasteiger partial charge in [0.05, 0.1) is 0 Å². The Hall–Kier alpha value is -1.09. The maximum atomic E-state index is 3.90. The molecule has 84 valence electrons. The minimum atomic E-state index is 1.19. The number of anilines is 1. The van der Waals surface area contributed by atoms with E-state index in [0.29, 0.717) is 0 Å². The first-order valence-corrected chi connectivity index (χ1v) is 5.59. The molecule has 0 bridgehead atoms. The highest BCUT2D eigenvalue weighted by atomic mass is 15.1. The van der Waals surface area contributed by atoms with Crippen molar-refractivity contribution < 1.29 is 0 Å². The van der Waals surface area contributed by atoms with Crippen LogP contribution in [-0.4, -0.2) is 32.2 Å². The zero-order valence-electron chi connectivity index (χ0n) is 9.74. The van der Waals surface area contributed by atoms with Crippen molar-refractivity contribution in [2.75, 3.05) is 32.1 Å². The lowest BCUT2D eigenvalue weighted by Crippen LogP contribution is -2.21. The highest BCUT2D eigenvalue weighted by Crippen LogP contribution is 2.05. The van der Waals surface area contributed by atoms with Crippen molar-refractivity contribution >= 4 is 5.69 Å². The quantitative estimate of drug-likeness (QED) is 0.762. The van der Waals surface area contributed by atoms with Gasteiger partial charge in [-0.2, -0.15) is 0 Å². The van der Waals surface area contributed by atoms with E-state index in [1.54, 1.807) is 12.4 Å². The van der Waals surface area contributed by atoms with E-state index in [2.05, 4.69) is 10.3 Å². The van der Waals surface area contributed by atoms with Crippen LogP contribution in [0.1, 0.15) is 19.3 Å². The number of piperidine rings is 1. The Bertz CT molecular complexity index is 231. The second-order valence-electron chi connectivity index (χ2n) is 3.91. The Kier molecular flexibility index (Phi) is 5.78. The van der Waals surface area contributed by atoms with Crippen LogP contribution in [0.4, 0.5) is 5.69 Å². The fourth-order valence-electron chi connectivity index (χ4n) is 1.44. The maximum Gasteiger partial charge on any atom is 0.0391 e. The van der Waals surface area contributed by atoms with E-state index in [9.17, 15) is 0 Å². The molecule has 0 amide bonds. The number of nitrogens with one attached hydrogen (secondary N) is 1. The second-order valence-corrected chi connectivity index (χ2v) is 3.91. The fraction of sp³-hybridized carbons (Fsp3) is 0.583. The zero-order valence-corrected chi connectivity index (χ0v) is 9.74. The summed E-state index contributed by atoms with van der Waals surface area (Å²) < 4.78 is 0. The van der Waals surface area contributed by atoms with Crippen LogP contribution in [0.15, 0.2) is 24.5 Å². The molecule has 15 heavy (non-hydrogen) atoms. The molecule has 3 heteroatoms. The summed E-state index contributed by atoms with van der Waals surface area (Å²) in [6.07, 6.45) is 7.79. The first-order valence-electron chi connectivity index (χ1n) is 5.59. The third-order valence-electron chi connectivity index (χ3n) is 2.39. The van der Waals surface area contributed by atoms with E-state index in [1.165, 1.54) is 38.0 Å². The molecule has 1 saturated heterocycles. The summed E-state index contributed by atoms with van der Waals surface area (Å²) in [5.41, 5.74) is 1.19. The van der Waals surface area contributed by atoms with Gasteiger partial charge in [-0.3, -0.25) is 4.98 Å². The lowest BCUT2D eigenvalue weighted by Gasteiger charge is -2.10. The summed E-state index contributed by atoms with van der Waals surface area (Å²) in [4.78, 5) is 5.94. The van der Waals surface area contributed by atoms with Crippen LogP contribution in [0.3, 0.4) is 0 Å². The number of hydrogen-bond donors (Lipinski definition) is 1. The van der Waals surface area contributed by atoms with Crippen LogP contribution in [0.25, 0.3) is 0 Å². The van der Waals surface area contributed by atoms with Gasteiger partial charge in [-0.15, -0.1) is 0 Å². The maximum absolute atomic E-state index is 3.90. The summed E-state index contributed by atoms with van der Waals surface area (Å²) in [6, 6.07) is 3.94. The average molecular weight is 207 g/mol. The third kappa shape index (κ3) is 5.37. The molecule has 2 rings (SSSR count). The Morgan fingerprint density at radius 1 is 1.07 bits per heavy atom. The van der Waals surface area contributed by atoms with Gasteiger partial charge in [-0.25, -0.2) is 0 Å². The molecule has 0 spiro atoms. The summed E-state index contributed by atoms with van der Waals surface area (Å²) in [6.45, 7) is 2.50. The van der Waals surface area contributed by atoms with Crippen LogP contribution >= 0.6 is 0 Å². The molecule has 1 fully saturated rings. The number of aromatic nitrogens is 1. The standard InChI is InChI=1S/C7H10N2.C5H11N/c1-9(2)7-3-5-8-6-4-7;1-2-4-6-5-3-1/h3-6H,1-2H3;6H,1-5H2. The van der Waals surface area contributed by atoms with Crippen LogP contribution in [0.2, 0.25) is 0 Å². The highest BCUT2D eigenvalue weighted by molar-refractivity contribution is 5.42. The third-order valence-corrected chi connectivity index (χ3v) is 2.39. The number of nitrogens with zero attached hydrogens (tertiary/aromatic N) is 2. The molecule has 3 nitrogen and oxygen atoms in total. The van der Waals surface area contributed by atoms with E-state index >= 15 is 0 Å². The second kappa shape index (κ2) is 7.23. The molecular formula is C12H21N3. The predicted molar refractivity (Wildman–Crippen MR) is 65.3 cm³/mol. The van der Waals surface area contributed by atoms with E-state index in [0.717, 1.165) is 0 Å². The first-order chi connectivity index (χ1) is 7.30. The summed E-state index contributed by atoms with van der Waals surface area (Å²) in [7, 11) is 4.02. The normalized spacial score (nSPS) is 15.1. The molecule has 1 aromatic heterocycles. The van der Waals surface area contributed by atoms with Gasteiger partial charge in [0.2, 0.25) is 0 Å². The van der Waals surface area contributed by atoms with Crippen LogP contribution in [0.5, 0.6) is 0 Å². The monoisotopic (exact) mass is 207 g/mol. The van der Waals surface area contributed by atoms with Gasteiger partial charge in [-0.1, -0.05) is 6.42 Å². The van der Waals surface area contributed by atoms with E-state index in [4.69, 9.17) is 0 Å². The molecule has 2 heterocycles. The van der Waals surface area contributed by atoms with Crippen molar-refractivity contribution in [3.8, 4) is 0 Å². The molecule has 1 aromatic rings. The SMILES string of the molecule is C1CCNCC1.CN(C)c1ccncc1. The number of pyridine rings is 1. The zero-order chi connectivity index (χ0) is 10.9. The van der Waals surface area contributed by atoms with Gasteiger partial charge >= 0.3 is 0 Å². The molecule has 1 N–H and O–H groups in total. The Balaban J connectivity index is 0.000000162. The summed E-state index contributed by atoms with van der Waals surface area (Å²) in [5.74, 6) is 0. The van der Waals surface area contributed by atoms with Crippen LogP contribution in [-0.2, 0) is 0 Å². The Labute approximate surface area is 92.5 Å². The molecule has 1 aliphatic rings. The summed E-state index contributed by atoms with van der Waals surface area (Å²) >= 11 is 0. The molecular weight excluding hydrogens is 186 g/mol. The van der Waals surface area contributed by atoms with Crippen LogP contribution < -0.4 is 10.2 Å². The van der Waals surface area contributed by atoms with E-state index in [-0.39, 0.29) is 0 Å².